The largest absolute Gasteiger partial charge is 0.337 e. The van der Waals surface area contributed by atoms with Gasteiger partial charge in [0.15, 0.2) is 0 Å². The number of carbonyl (C=O) groups excluding carboxylic acids is 1. The number of benzene rings is 2. The molecule has 1 aromatic heterocycles. The lowest BCUT2D eigenvalue weighted by Gasteiger charge is -2.18. The number of rotatable bonds is 6. The van der Waals surface area contributed by atoms with Crippen LogP contribution in [0.4, 0.5) is 0 Å². The van der Waals surface area contributed by atoms with Gasteiger partial charge in [-0.25, -0.2) is 9.97 Å². The van der Waals surface area contributed by atoms with Crippen LogP contribution in [0, 0.1) is 0 Å². The third-order valence-corrected chi connectivity index (χ3v) is 5.13. The fraction of sp³-hybridized carbons (Fsp3) is 0.318. The molecule has 1 unspecified atom stereocenters. The molecule has 0 spiro atoms. The standard InChI is InChI=1S/C22H24N4O/c1-2-21-24-12-16(13-25-21)11-23-19-10-22(27)26(15-19)14-18-8-5-7-17-6-3-4-9-20(17)18/h3-9,12-13,19,23H,2,10-11,14-15H2,1H3. The van der Waals surface area contributed by atoms with E-state index in [1.54, 1.807) is 0 Å². The maximum atomic E-state index is 12.5. The second-order valence-corrected chi connectivity index (χ2v) is 7.06. The average Bonchev–Trinajstić information content (AvgIpc) is 3.06. The molecule has 1 amide bonds. The quantitative estimate of drug-likeness (QED) is 0.734. The highest BCUT2D eigenvalue weighted by Crippen LogP contribution is 2.22. The number of hydrogen-bond acceptors (Lipinski definition) is 4. The van der Waals surface area contributed by atoms with Crippen LogP contribution in [-0.4, -0.2) is 33.4 Å². The fourth-order valence-electron chi connectivity index (χ4n) is 3.62. The number of fused-ring (bicyclic) bond motifs is 1. The van der Waals surface area contributed by atoms with E-state index >= 15 is 0 Å². The van der Waals surface area contributed by atoms with E-state index in [0.717, 1.165) is 24.4 Å². The summed E-state index contributed by atoms with van der Waals surface area (Å²) in [6.07, 6.45) is 5.11. The summed E-state index contributed by atoms with van der Waals surface area (Å²) >= 11 is 0. The normalized spacial score (nSPS) is 17.0. The molecule has 0 bridgehead atoms. The minimum Gasteiger partial charge on any atom is -0.337 e. The summed E-state index contributed by atoms with van der Waals surface area (Å²) < 4.78 is 0. The van der Waals surface area contributed by atoms with Crippen molar-refractivity contribution in [3.05, 3.63) is 71.8 Å². The van der Waals surface area contributed by atoms with Crippen molar-refractivity contribution in [1.82, 2.24) is 20.2 Å². The first-order valence-electron chi connectivity index (χ1n) is 9.50. The molecule has 3 aromatic rings. The van der Waals surface area contributed by atoms with Crippen molar-refractivity contribution in [2.24, 2.45) is 0 Å². The van der Waals surface area contributed by atoms with Crippen molar-refractivity contribution in [2.75, 3.05) is 6.54 Å². The second-order valence-electron chi connectivity index (χ2n) is 7.06. The minimum atomic E-state index is 0.165. The van der Waals surface area contributed by atoms with Crippen molar-refractivity contribution in [1.29, 1.82) is 0 Å². The van der Waals surface area contributed by atoms with Gasteiger partial charge in [-0.3, -0.25) is 4.79 Å². The first-order valence-corrected chi connectivity index (χ1v) is 9.50. The van der Waals surface area contributed by atoms with Gasteiger partial charge in [-0.2, -0.15) is 0 Å². The summed E-state index contributed by atoms with van der Waals surface area (Å²) in [6.45, 7) is 4.12. The summed E-state index contributed by atoms with van der Waals surface area (Å²) in [7, 11) is 0. The molecular weight excluding hydrogens is 336 g/mol. The average molecular weight is 360 g/mol. The van der Waals surface area contributed by atoms with Crippen LogP contribution in [0.25, 0.3) is 10.8 Å². The van der Waals surface area contributed by atoms with Crippen molar-refractivity contribution in [2.45, 2.75) is 38.9 Å². The summed E-state index contributed by atoms with van der Waals surface area (Å²) in [5.41, 5.74) is 2.25. The Balaban J connectivity index is 1.38. The maximum Gasteiger partial charge on any atom is 0.224 e. The van der Waals surface area contributed by atoms with Crippen LogP contribution in [0.2, 0.25) is 0 Å². The monoisotopic (exact) mass is 360 g/mol. The Labute approximate surface area is 159 Å². The van der Waals surface area contributed by atoms with E-state index in [1.165, 1.54) is 16.3 Å². The molecule has 1 aliphatic rings. The molecule has 27 heavy (non-hydrogen) atoms. The molecule has 0 saturated carbocycles. The van der Waals surface area contributed by atoms with Crippen LogP contribution in [0.5, 0.6) is 0 Å². The summed E-state index contributed by atoms with van der Waals surface area (Å²) in [6, 6.07) is 14.8. The lowest BCUT2D eigenvalue weighted by Crippen LogP contribution is -2.32. The molecule has 1 atom stereocenters. The molecule has 0 radical (unpaired) electrons. The third kappa shape index (κ3) is 3.98. The molecule has 2 heterocycles. The number of carbonyl (C=O) groups is 1. The molecule has 1 fully saturated rings. The van der Waals surface area contributed by atoms with Gasteiger partial charge in [-0.05, 0) is 16.3 Å². The van der Waals surface area contributed by atoms with Crippen LogP contribution in [0.3, 0.4) is 0 Å². The Morgan fingerprint density at radius 2 is 1.89 bits per heavy atom. The zero-order valence-electron chi connectivity index (χ0n) is 15.6. The number of likely N-dealkylation sites (tertiary alicyclic amines) is 1. The SMILES string of the molecule is CCc1ncc(CNC2CC(=O)N(Cc3cccc4ccccc34)C2)cn1. The second kappa shape index (κ2) is 7.84. The fourth-order valence-corrected chi connectivity index (χ4v) is 3.62. The Morgan fingerprint density at radius 1 is 1.11 bits per heavy atom. The van der Waals surface area contributed by atoms with Gasteiger partial charge in [0.2, 0.25) is 5.91 Å². The van der Waals surface area contributed by atoms with Crippen LogP contribution in [0.1, 0.15) is 30.3 Å². The van der Waals surface area contributed by atoms with E-state index in [1.807, 2.05) is 36.4 Å². The Hall–Kier alpha value is -2.79. The van der Waals surface area contributed by atoms with E-state index in [0.29, 0.717) is 19.5 Å². The molecule has 1 N–H and O–H groups in total. The van der Waals surface area contributed by atoms with Crippen molar-refractivity contribution >= 4 is 16.7 Å². The molecule has 5 nitrogen and oxygen atoms in total. The highest BCUT2D eigenvalue weighted by atomic mass is 16.2. The van der Waals surface area contributed by atoms with Crippen molar-refractivity contribution in [3.8, 4) is 0 Å². The van der Waals surface area contributed by atoms with Gasteiger partial charge in [0.05, 0.1) is 0 Å². The van der Waals surface area contributed by atoms with Gasteiger partial charge >= 0.3 is 0 Å². The van der Waals surface area contributed by atoms with Gasteiger partial charge in [-0.15, -0.1) is 0 Å². The molecule has 5 heteroatoms. The minimum absolute atomic E-state index is 0.165. The number of nitrogens with one attached hydrogen (secondary N) is 1. The lowest BCUT2D eigenvalue weighted by molar-refractivity contribution is -0.128. The lowest BCUT2D eigenvalue weighted by atomic mass is 10.0. The number of amides is 1. The third-order valence-electron chi connectivity index (χ3n) is 5.13. The molecule has 1 saturated heterocycles. The van der Waals surface area contributed by atoms with Crippen LogP contribution in [0.15, 0.2) is 54.9 Å². The maximum absolute atomic E-state index is 12.5. The summed E-state index contributed by atoms with van der Waals surface area (Å²) in [5, 5.41) is 5.91. The highest BCUT2D eigenvalue weighted by Gasteiger charge is 2.29. The number of hydrogen-bond donors (Lipinski definition) is 1. The van der Waals surface area contributed by atoms with Crippen LogP contribution >= 0.6 is 0 Å². The molecule has 4 rings (SSSR count). The predicted octanol–water partition coefficient (Wildman–Crippen LogP) is 3.08. The van der Waals surface area contributed by atoms with Crippen LogP contribution in [-0.2, 0) is 24.3 Å². The highest BCUT2D eigenvalue weighted by molar-refractivity contribution is 5.86. The Kier molecular flexibility index (Phi) is 5.12. The van der Waals surface area contributed by atoms with E-state index < -0.39 is 0 Å². The van der Waals surface area contributed by atoms with E-state index in [2.05, 4.69) is 45.6 Å². The van der Waals surface area contributed by atoms with Crippen molar-refractivity contribution < 1.29 is 4.79 Å². The first kappa shape index (κ1) is 17.6. The Morgan fingerprint density at radius 3 is 2.70 bits per heavy atom. The van der Waals surface area contributed by atoms with E-state index in [4.69, 9.17) is 0 Å². The molecule has 1 aliphatic heterocycles. The smallest absolute Gasteiger partial charge is 0.224 e. The molecular formula is C22H24N4O. The van der Waals surface area contributed by atoms with Gasteiger partial charge in [0, 0.05) is 56.5 Å². The van der Waals surface area contributed by atoms with Gasteiger partial charge in [0.1, 0.15) is 5.82 Å². The zero-order valence-corrected chi connectivity index (χ0v) is 15.6. The van der Waals surface area contributed by atoms with Crippen LogP contribution < -0.4 is 5.32 Å². The van der Waals surface area contributed by atoms with E-state index in [-0.39, 0.29) is 11.9 Å². The zero-order chi connectivity index (χ0) is 18.6. The van der Waals surface area contributed by atoms with Crippen molar-refractivity contribution in [3.63, 3.8) is 0 Å². The topological polar surface area (TPSA) is 58.1 Å². The summed E-state index contributed by atoms with van der Waals surface area (Å²) in [4.78, 5) is 23.1. The number of nitrogens with zero attached hydrogens (tertiary/aromatic N) is 3. The molecule has 2 aromatic carbocycles. The van der Waals surface area contributed by atoms with Gasteiger partial charge in [0.25, 0.3) is 0 Å². The Bertz CT molecular complexity index is 933. The number of aromatic nitrogens is 2. The van der Waals surface area contributed by atoms with Gasteiger partial charge < -0.3 is 10.2 Å². The van der Waals surface area contributed by atoms with E-state index in [9.17, 15) is 4.79 Å². The summed E-state index contributed by atoms with van der Waals surface area (Å²) in [5.74, 6) is 1.06. The molecule has 0 aliphatic carbocycles. The van der Waals surface area contributed by atoms with Gasteiger partial charge in [-0.1, -0.05) is 49.4 Å². The number of aryl methyl sites for hydroxylation is 1. The predicted molar refractivity (Wildman–Crippen MR) is 106 cm³/mol. The molecule has 138 valence electrons. The first-order chi connectivity index (χ1) is 13.2.